The Kier molecular flexibility index (Phi) is 7.69. The van der Waals surface area contributed by atoms with Crippen LogP contribution in [0.1, 0.15) is 11.1 Å². The maximum Gasteiger partial charge on any atom is 1.00 e. The Morgan fingerprint density at radius 2 is 1.62 bits per heavy atom. The van der Waals surface area contributed by atoms with Crippen LogP contribution in [0.4, 0.5) is 0 Å². The number of carboxylic acid groups (broad SMARTS) is 1. The van der Waals surface area contributed by atoms with Gasteiger partial charge in [0.05, 0.1) is 13.1 Å². The number of carbonyl (C=O) groups excluding carboxylic acids is 1. The molecule has 2 aromatic carbocycles. The van der Waals surface area contributed by atoms with E-state index in [0.29, 0.717) is 18.3 Å². The number of rotatable bonds is 3. The van der Waals surface area contributed by atoms with Crippen LogP contribution in [0.15, 0.2) is 42.5 Å². The summed E-state index contributed by atoms with van der Waals surface area (Å²) in [6, 6.07) is 12.3. The van der Waals surface area contributed by atoms with E-state index in [9.17, 15) is 15.0 Å². The van der Waals surface area contributed by atoms with Crippen molar-refractivity contribution in [3.63, 3.8) is 0 Å². The number of phenols is 1. The molecule has 0 amide bonds. The fraction of sp³-hybridized carbons (Fsp3) is 0. The van der Waals surface area contributed by atoms with Gasteiger partial charge in [-0.2, -0.15) is 0 Å². The second-order valence-corrected chi connectivity index (χ2v) is 6.37. The van der Waals surface area contributed by atoms with E-state index in [2.05, 4.69) is 0 Å². The van der Waals surface area contributed by atoms with Crippen LogP contribution in [0.5, 0.6) is 5.75 Å². The van der Waals surface area contributed by atoms with E-state index in [4.69, 9.17) is 0 Å². The van der Waals surface area contributed by atoms with Crippen LogP contribution in [0, 0.1) is 7.14 Å². The van der Waals surface area contributed by atoms with E-state index in [1.54, 1.807) is 42.5 Å². The summed E-state index contributed by atoms with van der Waals surface area (Å²) in [6.45, 7) is 0. The molecular formula is C15H9I2NaO3. The number of aliphatic carboxylic acids is 1. The molecule has 0 saturated heterocycles. The average Bonchev–Trinajstić information content (AvgIpc) is 2.42. The predicted molar refractivity (Wildman–Crippen MR) is 92.9 cm³/mol. The molecule has 0 spiro atoms. The molecule has 1 N–H and O–H groups in total. The maximum absolute atomic E-state index is 11.3. The van der Waals surface area contributed by atoms with Crippen molar-refractivity contribution in [2.24, 2.45) is 0 Å². The molecule has 102 valence electrons. The Labute approximate surface area is 172 Å². The van der Waals surface area contributed by atoms with Crippen LogP contribution in [-0.4, -0.2) is 11.1 Å². The minimum absolute atomic E-state index is 0. The zero-order chi connectivity index (χ0) is 14.7. The fourth-order valence-electron chi connectivity index (χ4n) is 1.71. The van der Waals surface area contributed by atoms with Gasteiger partial charge in [0, 0.05) is 5.57 Å². The van der Waals surface area contributed by atoms with Gasteiger partial charge in [-0.05, 0) is 74.5 Å². The van der Waals surface area contributed by atoms with Crippen molar-refractivity contribution in [3.8, 4) is 5.75 Å². The normalized spacial score (nSPS) is 10.9. The molecule has 21 heavy (non-hydrogen) atoms. The first-order valence-corrected chi connectivity index (χ1v) is 7.81. The largest absolute Gasteiger partial charge is 1.00 e. The molecule has 0 radical (unpaired) electrons. The van der Waals surface area contributed by atoms with Gasteiger partial charge in [-0.25, -0.2) is 0 Å². The summed E-state index contributed by atoms with van der Waals surface area (Å²) in [5.41, 5.74) is 1.41. The summed E-state index contributed by atoms with van der Waals surface area (Å²) >= 11 is 4.01. The van der Waals surface area contributed by atoms with Crippen molar-refractivity contribution in [2.75, 3.05) is 0 Å². The van der Waals surface area contributed by atoms with Gasteiger partial charge in [-0.3, -0.25) is 0 Å². The SMILES string of the molecule is O=C([O-])/C(=C/c1cc(I)c(O)c(I)c1)c1ccccc1.[Na+]. The summed E-state index contributed by atoms with van der Waals surface area (Å²) in [7, 11) is 0. The summed E-state index contributed by atoms with van der Waals surface area (Å²) in [5, 5.41) is 21.0. The van der Waals surface area contributed by atoms with Gasteiger partial charge in [0.2, 0.25) is 0 Å². The second kappa shape index (κ2) is 8.52. The van der Waals surface area contributed by atoms with Crippen molar-refractivity contribution in [1.82, 2.24) is 0 Å². The van der Waals surface area contributed by atoms with E-state index >= 15 is 0 Å². The van der Waals surface area contributed by atoms with E-state index in [0.717, 1.165) is 0 Å². The molecule has 6 heteroatoms. The number of hydrogen-bond acceptors (Lipinski definition) is 3. The molecule has 0 fully saturated rings. The molecule has 3 nitrogen and oxygen atoms in total. The summed E-state index contributed by atoms with van der Waals surface area (Å²) in [4.78, 5) is 11.3. The molecule has 2 rings (SSSR count). The van der Waals surface area contributed by atoms with Crippen molar-refractivity contribution in [3.05, 3.63) is 60.7 Å². The zero-order valence-electron chi connectivity index (χ0n) is 11.1. The van der Waals surface area contributed by atoms with Gasteiger partial charge >= 0.3 is 29.6 Å². The number of carboxylic acids is 1. The first-order chi connectivity index (χ1) is 9.49. The predicted octanol–water partition coefficient (Wildman–Crippen LogP) is -0.104. The van der Waals surface area contributed by atoms with Crippen molar-refractivity contribution in [2.45, 2.75) is 0 Å². The molecule has 2 aromatic rings. The van der Waals surface area contributed by atoms with Gasteiger partial charge < -0.3 is 15.0 Å². The first kappa shape index (κ1) is 19.0. The zero-order valence-corrected chi connectivity index (χ0v) is 17.5. The van der Waals surface area contributed by atoms with Crippen molar-refractivity contribution < 1.29 is 44.6 Å². The maximum atomic E-state index is 11.3. The molecule has 0 bridgehead atoms. The Hall–Kier alpha value is -0.0900. The summed E-state index contributed by atoms with van der Waals surface area (Å²) in [5.74, 6) is -1.02. The van der Waals surface area contributed by atoms with Crippen LogP contribution in [0.2, 0.25) is 0 Å². The molecule has 0 aromatic heterocycles. The molecule has 0 atom stereocenters. The average molecular weight is 514 g/mol. The fourth-order valence-corrected chi connectivity index (χ4v) is 3.53. The van der Waals surface area contributed by atoms with Crippen LogP contribution in [0.25, 0.3) is 11.6 Å². The molecule has 0 aliphatic rings. The van der Waals surface area contributed by atoms with Crippen LogP contribution in [-0.2, 0) is 4.79 Å². The molecule has 0 heterocycles. The van der Waals surface area contributed by atoms with Gasteiger partial charge in [0.25, 0.3) is 0 Å². The van der Waals surface area contributed by atoms with Gasteiger partial charge in [-0.15, -0.1) is 0 Å². The molecule has 0 aliphatic heterocycles. The topological polar surface area (TPSA) is 60.4 Å². The Bertz CT molecular complexity index is 662. The van der Waals surface area contributed by atoms with E-state index in [1.165, 1.54) is 0 Å². The number of carbonyl (C=O) groups is 1. The van der Waals surface area contributed by atoms with Gasteiger partial charge in [0.15, 0.2) is 0 Å². The minimum Gasteiger partial charge on any atom is -0.545 e. The molecule has 0 saturated carbocycles. The summed E-state index contributed by atoms with van der Waals surface area (Å²) < 4.78 is 1.35. The monoisotopic (exact) mass is 514 g/mol. The molecule has 0 unspecified atom stereocenters. The van der Waals surface area contributed by atoms with Gasteiger partial charge in [-0.1, -0.05) is 30.3 Å². The number of benzene rings is 2. The van der Waals surface area contributed by atoms with Crippen molar-refractivity contribution in [1.29, 1.82) is 0 Å². The van der Waals surface area contributed by atoms with Crippen LogP contribution < -0.4 is 34.7 Å². The van der Waals surface area contributed by atoms with E-state index in [1.807, 2.05) is 51.2 Å². The quantitative estimate of drug-likeness (QED) is 0.270. The Morgan fingerprint density at radius 1 is 1.10 bits per heavy atom. The number of aromatic hydroxyl groups is 1. The smallest absolute Gasteiger partial charge is 0.545 e. The Morgan fingerprint density at radius 3 is 2.10 bits per heavy atom. The first-order valence-electron chi connectivity index (χ1n) is 5.65. The standard InChI is InChI=1S/C15H10I2O3.Na/c16-12-7-9(8-13(17)14(12)18)6-11(15(19)20)10-4-2-1-3-5-10;/h1-8,18H,(H,19,20);/q;+1/p-1/b11-6+;. The number of halogens is 2. The number of hydrogen-bond donors (Lipinski definition) is 1. The third kappa shape index (κ3) is 4.95. The Balaban J connectivity index is 0.00000220. The van der Waals surface area contributed by atoms with E-state index in [-0.39, 0.29) is 40.9 Å². The van der Waals surface area contributed by atoms with Crippen LogP contribution >= 0.6 is 45.2 Å². The summed E-state index contributed by atoms with van der Waals surface area (Å²) in [6.07, 6.45) is 1.55. The molecular weight excluding hydrogens is 505 g/mol. The van der Waals surface area contributed by atoms with Gasteiger partial charge in [0.1, 0.15) is 5.75 Å². The van der Waals surface area contributed by atoms with Crippen molar-refractivity contribution >= 4 is 62.8 Å². The second-order valence-electron chi connectivity index (χ2n) is 4.04. The van der Waals surface area contributed by atoms with E-state index < -0.39 is 5.97 Å². The van der Waals surface area contributed by atoms with Crippen LogP contribution in [0.3, 0.4) is 0 Å². The molecule has 0 aliphatic carbocycles. The minimum atomic E-state index is -1.23. The third-order valence-corrected chi connectivity index (χ3v) is 4.30. The number of phenolic OH excluding ortho intramolecular Hbond substituents is 1. The third-order valence-electron chi connectivity index (χ3n) is 2.65.